The van der Waals surface area contributed by atoms with Crippen LogP contribution >= 0.6 is 11.3 Å². The minimum atomic E-state index is 0.728. The molecule has 0 unspecified atom stereocenters. The number of rotatable bonds is 1. The van der Waals surface area contributed by atoms with Crippen molar-refractivity contribution in [2.45, 2.75) is 0 Å². The average molecular weight is 266 g/mol. The molecule has 3 rings (SSSR count). The first-order chi connectivity index (χ1) is 9.35. The van der Waals surface area contributed by atoms with Crippen molar-refractivity contribution in [3.05, 3.63) is 47.4 Å². The van der Waals surface area contributed by atoms with Crippen LogP contribution in [0.25, 0.3) is 10.3 Å². The highest BCUT2D eigenvalue weighted by Gasteiger charge is 2.00. The molecular weight excluding hydrogens is 256 g/mol. The lowest BCUT2D eigenvalue weighted by molar-refractivity contribution is 1.27. The molecule has 0 aliphatic rings. The zero-order valence-corrected chi connectivity index (χ0v) is 11.0. The lowest BCUT2D eigenvalue weighted by Gasteiger charge is -1.96. The number of hydrogen-bond donors (Lipinski definition) is 1. The fourth-order valence-corrected chi connectivity index (χ4v) is 2.33. The van der Waals surface area contributed by atoms with Gasteiger partial charge in [-0.25, -0.2) is 15.0 Å². The zero-order valence-electron chi connectivity index (χ0n) is 10.2. The van der Waals surface area contributed by atoms with Gasteiger partial charge in [-0.15, -0.1) is 11.3 Å². The highest BCUT2D eigenvalue weighted by atomic mass is 32.1. The molecule has 19 heavy (non-hydrogen) atoms. The number of thiazole rings is 1. The summed E-state index contributed by atoms with van der Waals surface area (Å²) in [7, 11) is 1.86. The summed E-state index contributed by atoms with van der Waals surface area (Å²) in [5.41, 5.74) is 2.44. The fraction of sp³-hybridized carbons (Fsp3) is 0.0714. The van der Waals surface area contributed by atoms with Crippen molar-refractivity contribution in [2.24, 2.45) is 0 Å². The van der Waals surface area contributed by atoms with Gasteiger partial charge in [-0.3, -0.25) is 0 Å². The minimum absolute atomic E-state index is 0.728. The van der Waals surface area contributed by atoms with Crippen molar-refractivity contribution in [3.8, 4) is 11.8 Å². The van der Waals surface area contributed by atoms with Crippen LogP contribution in [-0.4, -0.2) is 22.0 Å². The molecule has 0 spiro atoms. The summed E-state index contributed by atoms with van der Waals surface area (Å²) >= 11 is 1.54. The van der Waals surface area contributed by atoms with Crippen LogP contribution in [0, 0.1) is 11.8 Å². The van der Waals surface area contributed by atoms with E-state index in [1.54, 1.807) is 12.4 Å². The molecule has 0 saturated heterocycles. The van der Waals surface area contributed by atoms with Crippen LogP contribution in [0.1, 0.15) is 10.7 Å². The first-order valence-corrected chi connectivity index (χ1v) is 6.54. The Morgan fingerprint density at radius 3 is 2.84 bits per heavy atom. The maximum atomic E-state index is 4.36. The predicted molar refractivity (Wildman–Crippen MR) is 77.2 cm³/mol. The Morgan fingerprint density at radius 2 is 2.11 bits per heavy atom. The number of fused-ring (bicyclic) bond motifs is 1. The van der Waals surface area contributed by atoms with E-state index in [2.05, 4.69) is 32.1 Å². The smallest absolute Gasteiger partial charge is 0.171 e. The summed E-state index contributed by atoms with van der Waals surface area (Å²) in [4.78, 5) is 12.8. The highest BCUT2D eigenvalue weighted by Crippen LogP contribution is 2.18. The number of aromatic nitrogens is 3. The first kappa shape index (κ1) is 11.6. The number of pyridine rings is 2. The summed E-state index contributed by atoms with van der Waals surface area (Å²) in [6.45, 7) is 0. The van der Waals surface area contributed by atoms with Gasteiger partial charge >= 0.3 is 0 Å². The van der Waals surface area contributed by atoms with E-state index in [0.29, 0.717) is 0 Å². The van der Waals surface area contributed by atoms with E-state index in [-0.39, 0.29) is 0 Å². The molecule has 0 amide bonds. The summed E-state index contributed by atoms with van der Waals surface area (Å²) in [5.74, 6) is 6.03. The molecule has 0 aromatic carbocycles. The third-order valence-corrected chi connectivity index (χ3v) is 3.44. The van der Waals surface area contributed by atoms with Gasteiger partial charge in [0.1, 0.15) is 5.69 Å². The van der Waals surface area contributed by atoms with E-state index in [1.165, 1.54) is 11.3 Å². The van der Waals surface area contributed by atoms with Crippen LogP contribution in [0.2, 0.25) is 0 Å². The fourth-order valence-electron chi connectivity index (χ4n) is 1.56. The summed E-state index contributed by atoms with van der Waals surface area (Å²) < 4.78 is 1.05. The van der Waals surface area contributed by atoms with Gasteiger partial charge in [-0.1, -0.05) is 0 Å². The molecule has 3 aromatic rings. The molecular formula is C14H10N4S. The quantitative estimate of drug-likeness (QED) is 0.688. The van der Waals surface area contributed by atoms with Gasteiger partial charge in [0.05, 0.1) is 16.6 Å². The third kappa shape index (κ3) is 2.54. The zero-order chi connectivity index (χ0) is 13.1. The van der Waals surface area contributed by atoms with Crippen molar-refractivity contribution < 1.29 is 0 Å². The molecule has 3 aromatic heterocycles. The largest absolute Gasteiger partial charge is 0.387 e. The van der Waals surface area contributed by atoms with Gasteiger partial charge in [0.15, 0.2) is 10.7 Å². The van der Waals surface area contributed by atoms with E-state index in [9.17, 15) is 0 Å². The van der Waals surface area contributed by atoms with Gasteiger partial charge < -0.3 is 5.32 Å². The van der Waals surface area contributed by atoms with Gasteiger partial charge in [0.2, 0.25) is 0 Å². The lowest BCUT2D eigenvalue weighted by Crippen LogP contribution is -1.89. The third-order valence-electron chi connectivity index (χ3n) is 2.51. The van der Waals surface area contributed by atoms with E-state index in [0.717, 1.165) is 26.7 Å². The molecule has 1 N–H and O–H groups in total. The monoisotopic (exact) mass is 266 g/mol. The molecule has 3 heterocycles. The number of hydrogen-bond acceptors (Lipinski definition) is 5. The molecule has 0 saturated carbocycles. The predicted octanol–water partition coefficient (Wildman–Crippen LogP) is 2.53. The molecule has 0 fully saturated rings. The number of nitrogens with one attached hydrogen (secondary N) is 1. The van der Waals surface area contributed by atoms with Crippen LogP contribution in [-0.2, 0) is 0 Å². The Morgan fingerprint density at radius 1 is 1.16 bits per heavy atom. The number of nitrogens with zero attached hydrogens (tertiary/aromatic N) is 3. The van der Waals surface area contributed by atoms with Crippen molar-refractivity contribution in [2.75, 3.05) is 12.4 Å². The summed E-state index contributed by atoms with van der Waals surface area (Å²) in [6.07, 6.45) is 3.49. The van der Waals surface area contributed by atoms with Crippen molar-refractivity contribution >= 4 is 27.4 Å². The maximum Gasteiger partial charge on any atom is 0.171 e. The molecule has 0 aliphatic heterocycles. The minimum Gasteiger partial charge on any atom is -0.387 e. The van der Waals surface area contributed by atoms with Crippen LogP contribution in [0.5, 0.6) is 0 Å². The second kappa shape index (κ2) is 5.04. The van der Waals surface area contributed by atoms with Crippen molar-refractivity contribution in [1.29, 1.82) is 0 Å². The standard InChI is InChI=1S/C14H10N4S/c1-15-11-5-4-10(17-9-11)6-7-13-18-14-12(19-13)3-2-8-16-14/h2-5,8-9,15H,1H3. The Balaban J connectivity index is 1.89. The van der Waals surface area contributed by atoms with Gasteiger partial charge in [0, 0.05) is 13.2 Å². The first-order valence-electron chi connectivity index (χ1n) is 5.72. The van der Waals surface area contributed by atoms with E-state index in [4.69, 9.17) is 0 Å². The van der Waals surface area contributed by atoms with Crippen LogP contribution in [0.3, 0.4) is 0 Å². The highest BCUT2D eigenvalue weighted by molar-refractivity contribution is 7.19. The molecule has 0 bridgehead atoms. The summed E-state index contributed by atoms with van der Waals surface area (Å²) in [6, 6.07) is 7.71. The molecule has 4 nitrogen and oxygen atoms in total. The molecule has 92 valence electrons. The topological polar surface area (TPSA) is 50.7 Å². The Hall–Kier alpha value is -2.45. The maximum absolute atomic E-state index is 4.36. The summed E-state index contributed by atoms with van der Waals surface area (Å²) in [5, 5.41) is 3.77. The normalized spacial score (nSPS) is 9.95. The van der Waals surface area contributed by atoms with Crippen molar-refractivity contribution in [3.63, 3.8) is 0 Å². The second-order valence-electron chi connectivity index (χ2n) is 3.78. The van der Waals surface area contributed by atoms with Gasteiger partial charge in [-0.05, 0) is 36.1 Å². The average Bonchev–Trinajstić information content (AvgIpc) is 2.88. The SMILES string of the molecule is CNc1ccc(C#Cc2nc3ncccc3s2)nc1. The number of anilines is 1. The molecule has 0 atom stereocenters. The Labute approximate surface area is 114 Å². The van der Waals surface area contributed by atoms with Crippen LogP contribution < -0.4 is 5.32 Å². The molecule has 5 heteroatoms. The van der Waals surface area contributed by atoms with Crippen molar-refractivity contribution in [1.82, 2.24) is 15.0 Å². The Bertz CT molecular complexity index is 732. The molecule has 0 radical (unpaired) electrons. The van der Waals surface area contributed by atoms with E-state index < -0.39 is 0 Å². The van der Waals surface area contributed by atoms with Gasteiger partial charge in [0.25, 0.3) is 0 Å². The second-order valence-corrected chi connectivity index (χ2v) is 4.81. The Kier molecular flexibility index (Phi) is 3.09. The lowest BCUT2D eigenvalue weighted by atomic mass is 10.3. The van der Waals surface area contributed by atoms with E-state index >= 15 is 0 Å². The molecule has 0 aliphatic carbocycles. The van der Waals surface area contributed by atoms with Crippen LogP contribution in [0.4, 0.5) is 5.69 Å². The van der Waals surface area contributed by atoms with E-state index in [1.807, 2.05) is 31.3 Å². The van der Waals surface area contributed by atoms with Crippen LogP contribution in [0.15, 0.2) is 36.7 Å². The van der Waals surface area contributed by atoms with Gasteiger partial charge in [-0.2, -0.15) is 0 Å².